The van der Waals surface area contributed by atoms with Crippen molar-refractivity contribution < 1.29 is 17.8 Å². The number of aryl methyl sites for hydroxylation is 1. The molecule has 3 atom stereocenters. The second-order valence-electron chi connectivity index (χ2n) is 11.4. The number of rotatable bonds is 7. The minimum atomic E-state index is -2.99. The zero-order chi connectivity index (χ0) is 29.2. The number of carbonyl (C=O) groups excluding carboxylic acids is 1. The number of nitrogens with zero attached hydrogens (tertiary/aromatic N) is 7. The molecule has 9 nitrogen and oxygen atoms in total. The van der Waals surface area contributed by atoms with Crippen LogP contribution in [-0.2, 0) is 23.2 Å². The monoisotopic (exact) mass is 589 g/mol. The summed E-state index contributed by atoms with van der Waals surface area (Å²) in [5.74, 6) is 3.00. The predicted octanol–water partition coefficient (Wildman–Crippen LogP) is 4.19. The average molecular weight is 590 g/mol. The number of hydrogen-bond acceptors (Lipinski definition) is 6. The van der Waals surface area contributed by atoms with Crippen LogP contribution in [0.2, 0.25) is 0 Å². The van der Waals surface area contributed by atoms with Crippen molar-refractivity contribution in [2.75, 3.05) is 0 Å². The number of carbonyl (C=O) groups is 1. The van der Waals surface area contributed by atoms with Crippen LogP contribution in [0.1, 0.15) is 53.8 Å². The van der Waals surface area contributed by atoms with Crippen LogP contribution in [0.25, 0.3) is 11.8 Å². The zero-order valence-corrected chi connectivity index (χ0v) is 23.8. The highest BCUT2D eigenvalue weighted by molar-refractivity contribution is 7.98. The highest BCUT2D eigenvalue weighted by Crippen LogP contribution is 2.52. The topological polar surface area (TPSA) is 98.8 Å². The molecule has 216 valence electrons. The van der Waals surface area contributed by atoms with E-state index in [1.807, 2.05) is 10.4 Å². The number of aromatic nitrogens is 6. The fraction of sp³-hybridized carbons (Fsp3) is 0.333. The van der Waals surface area contributed by atoms with E-state index < -0.39 is 20.9 Å². The number of Topliss-reactive ketones (excluding diaryl/α,β-unsaturated/α-hetero) is 1. The maximum Gasteiger partial charge on any atom is 0.191 e. The largest absolute Gasteiger partial charge is 0.291 e. The first-order valence-electron chi connectivity index (χ1n) is 13.9. The molecule has 0 amide bonds. The van der Waals surface area contributed by atoms with Crippen LogP contribution in [-0.4, -0.2) is 62.0 Å². The molecule has 0 N–H and O–H groups in total. The third-order valence-electron chi connectivity index (χ3n) is 8.61. The predicted molar refractivity (Wildman–Crippen MR) is 153 cm³/mol. The van der Waals surface area contributed by atoms with Gasteiger partial charge in [0.25, 0.3) is 0 Å². The summed E-state index contributed by atoms with van der Waals surface area (Å²) < 4.78 is 47.5. The van der Waals surface area contributed by atoms with Crippen LogP contribution >= 0.6 is 0 Å². The van der Waals surface area contributed by atoms with Crippen LogP contribution in [0.5, 0.6) is 0 Å². The summed E-state index contributed by atoms with van der Waals surface area (Å²) in [7, 11) is -1.27. The lowest BCUT2D eigenvalue weighted by Crippen LogP contribution is -2.51. The Kier molecular flexibility index (Phi) is 6.24. The Labute approximate surface area is 242 Å². The molecule has 7 rings (SSSR count). The van der Waals surface area contributed by atoms with E-state index in [4.69, 9.17) is 0 Å². The van der Waals surface area contributed by atoms with E-state index in [0.29, 0.717) is 36.4 Å². The highest BCUT2D eigenvalue weighted by atomic mass is 32.2. The van der Waals surface area contributed by atoms with E-state index in [-0.39, 0.29) is 29.4 Å². The Morgan fingerprint density at radius 2 is 1.90 bits per heavy atom. The summed E-state index contributed by atoms with van der Waals surface area (Å²) in [5.41, 5.74) is 2.28. The lowest BCUT2D eigenvalue weighted by Gasteiger charge is -2.47. The average Bonchev–Trinajstić information content (AvgIpc) is 3.55. The molecular weight excluding hydrogens is 560 g/mol. The molecule has 3 aromatic heterocycles. The molecule has 3 aliphatic rings. The first-order valence-corrected chi connectivity index (χ1v) is 15.6. The number of benzene rings is 1. The minimum absolute atomic E-state index is 0.0539. The summed E-state index contributed by atoms with van der Waals surface area (Å²) in [4.78, 5) is 18.7. The molecule has 0 bridgehead atoms. The maximum atomic E-state index is 14.4. The van der Waals surface area contributed by atoms with E-state index in [2.05, 4.69) is 26.3 Å². The molecule has 1 aromatic carbocycles. The normalized spacial score (nSPS) is 23.1. The van der Waals surface area contributed by atoms with E-state index >= 15 is 0 Å². The van der Waals surface area contributed by atoms with Crippen LogP contribution < -0.4 is 0 Å². The number of hydrogen-bond donors (Lipinski definition) is 0. The molecule has 0 radical (unpaired) electrons. The van der Waals surface area contributed by atoms with Crippen molar-refractivity contribution >= 4 is 27.4 Å². The van der Waals surface area contributed by atoms with Crippen molar-refractivity contribution in [3.8, 4) is 5.69 Å². The highest BCUT2D eigenvalue weighted by Gasteiger charge is 2.53. The Balaban J connectivity index is 1.32. The van der Waals surface area contributed by atoms with E-state index in [1.165, 1.54) is 35.1 Å². The molecule has 42 heavy (non-hydrogen) atoms. The summed E-state index contributed by atoms with van der Waals surface area (Å²) in [6.45, 7) is 0. The number of ketones is 1. The van der Waals surface area contributed by atoms with Gasteiger partial charge in [0.15, 0.2) is 10.8 Å². The summed E-state index contributed by atoms with van der Waals surface area (Å²) in [6.07, 6.45) is 10.3. The van der Waals surface area contributed by atoms with Crippen molar-refractivity contribution in [2.45, 2.75) is 55.6 Å². The molecule has 3 aliphatic carbocycles. The van der Waals surface area contributed by atoms with Crippen molar-refractivity contribution in [2.24, 2.45) is 12.5 Å². The van der Waals surface area contributed by atoms with E-state index in [9.17, 15) is 17.8 Å². The van der Waals surface area contributed by atoms with Gasteiger partial charge in [-0.2, -0.15) is 5.10 Å². The van der Waals surface area contributed by atoms with Gasteiger partial charge in [-0.1, -0.05) is 10.8 Å². The molecule has 0 saturated heterocycles. The Bertz CT molecular complexity index is 1840. The third-order valence-corrected chi connectivity index (χ3v) is 10.7. The molecule has 12 heteroatoms. The lowest BCUT2D eigenvalue weighted by molar-refractivity contribution is 0.0736. The summed E-state index contributed by atoms with van der Waals surface area (Å²) >= 11 is 0. The summed E-state index contributed by atoms with van der Waals surface area (Å²) in [6, 6.07) is 8.30. The van der Waals surface area contributed by atoms with Gasteiger partial charge in [-0.3, -0.25) is 14.5 Å². The summed E-state index contributed by atoms with van der Waals surface area (Å²) in [5, 5.41) is 13.0. The number of fused-ring (bicyclic) bond motifs is 2. The van der Waals surface area contributed by atoms with Gasteiger partial charge in [-0.25, -0.2) is 22.0 Å². The van der Waals surface area contributed by atoms with Gasteiger partial charge in [0.1, 0.15) is 17.3 Å². The molecule has 2 fully saturated rings. The van der Waals surface area contributed by atoms with Crippen molar-refractivity contribution in [3.63, 3.8) is 0 Å². The van der Waals surface area contributed by atoms with Gasteiger partial charge in [0, 0.05) is 31.4 Å². The van der Waals surface area contributed by atoms with Crippen LogP contribution in [0.4, 0.5) is 8.78 Å². The van der Waals surface area contributed by atoms with Gasteiger partial charge >= 0.3 is 0 Å². The van der Waals surface area contributed by atoms with E-state index in [1.54, 1.807) is 36.3 Å². The second kappa shape index (κ2) is 9.77. The van der Waals surface area contributed by atoms with Crippen LogP contribution in [0, 0.1) is 17.0 Å². The third kappa shape index (κ3) is 4.40. The Morgan fingerprint density at radius 3 is 2.60 bits per heavy atom. The van der Waals surface area contributed by atoms with E-state index in [0.717, 1.165) is 29.7 Å². The quantitative estimate of drug-likeness (QED) is 0.237. The number of pyridine rings is 1. The number of allylic oxidation sites excluding steroid dienone is 1. The SMILES string of the molecule is C=S(=O)(c1cn(C)nn1)N(C1CC1)[C@H]1CCC2=Cc3c(cnn3-c3ccc(F)cc3)C[C@]2(C(=O)c2cc(F)ccn2)C1. The van der Waals surface area contributed by atoms with Crippen molar-refractivity contribution in [1.29, 1.82) is 0 Å². The van der Waals surface area contributed by atoms with Crippen molar-refractivity contribution in [3.05, 3.63) is 89.1 Å². The van der Waals surface area contributed by atoms with Gasteiger partial charge in [0.2, 0.25) is 0 Å². The fourth-order valence-electron chi connectivity index (χ4n) is 6.55. The standard InChI is InChI=1S/C30H29F2N7O2S/c1-37-18-28(35-36-37)42(2,41)39(24-9-10-24)25-6-3-20-13-27-19(17-34-38(27)23-7-4-21(31)5-8-23)15-30(20,16-25)29(40)26-14-22(32)11-12-33-26/h4-5,7-8,11-14,17-18,24-25H,2-3,6,9-10,15-16H2,1H3/t25-,30-,42?/m0/s1. The van der Waals surface area contributed by atoms with Gasteiger partial charge in [0.05, 0.1) is 38.9 Å². The van der Waals surface area contributed by atoms with Gasteiger partial charge in [-0.15, -0.1) is 5.10 Å². The zero-order valence-electron chi connectivity index (χ0n) is 23.0. The molecular formula is C30H29F2N7O2S. The first kappa shape index (κ1) is 26.8. The molecule has 0 spiro atoms. The fourth-order valence-corrected chi connectivity index (χ4v) is 8.60. The van der Waals surface area contributed by atoms with Gasteiger partial charge in [-0.05, 0) is 86.4 Å². The van der Waals surface area contributed by atoms with Crippen molar-refractivity contribution in [1.82, 2.24) is 34.1 Å². The Morgan fingerprint density at radius 1 is 1.12 bits per heavy atom. The first-order chi connectivity index (χ1) is 20.2. The second-order valence-corrected chi connectivity index (χ2v) is 13.5. The van der Waals surface area contributed by atoms with Gasteiger partial charge < -0.3 is 0 Å². The Hall–Kier alpha value is -4.03. The van der Waals surface area contributed by atoms with Crippen LogP contribution in [0.15, 0.2) is 65.6 Å². The number of halogens is 2. The van der Waals surface area contributed by atoms with Crippen LogP contribution in [0.3, 0.4) is 0 Å². The lowest BCUT2D eigenvalue weighted by atomic mass is 9.60. The molecule has 0 aliphatic heterocycles. The molecule has 1 unspecified atom stereocenters. The minimum Gasteiger partial charge on any atom is -0.291 e. The maximum absolute atomic E-state index is 14.4. The molecule has 4 aromatic rings. The molecule has 3 heterocycles. The smallest absolute Gasteiger partial charge is 0.191 e. The molecule has 2 saturated carbocycles.